The van der Waals surface area contributed by atoms with E-state index in [1.54, 1.807) is 4.90 Å². The monoisotopic (exact) mass is 852 g/mol. The Balaban J connectivity index is 0.660. The number of imide groups is 1. The molecule has 5 aliphatic heterocycles. The highest BCUT2D eigenvalue weighted by atomic mass is 16.5. The number of fused-ring (bicyclic) bond motifs is 3. The highest BCUT2D eigenvalue weighted by molar-refractivity contribution is 6.05. The van der Waals surface area contributed by atoms with E-state index in [1.807, 2.05) is 18.2 Å². The maximum atomic E-state index is 13.4. The highest BCUT2D eigenvalue weighted by Crippen LogP contribution is 2.54. The molecule has 0 bridgehead atoms. The molecule has 2 aliphatic carbocycles. The molecule has 9 heteroatoms. The van der Waals surface area contributed by atoms with Gasteiger partial charge in [-0.15, -0.1) is 0 Å². The average Bonchev–Trinajstić information content (AvgIpc) is 3.62. The number of aryl methyl sites for hydroxylation is 2. The Morgan fingerprint density at radius 3 is 2.25 bits per heavy atom. The molecule has 64 heavy (non-hydrogen) atoms. The third kappa shape index (κ3) is 7.07. The molecule has 0 aromatic heterocycles. The first-order valence-corrected chi connectivity index (χ1v) is 23.7. The molecule has 12 rings (SSSR count). The number of nitrogens with zero attached hydrogens (tertiary/aromatic N) is 3. The summed E-state index contributed by atoms with van der Waals surface area (Å²) in [6.07, 6.45) is 9.67. The van der Waals surface area contributed by atoms with Gasteiger partial charge in [-0.2, -0.15) is 0 Å². The molecule has 7 aliphatic rings. The van der Waals surface area contributed by atoms with Crippen LogP contribution < -0.4 is 19.7 Å². The van der Waals surface area contributed by atoms with E-state index in [1.165, 1.54) is 59.2 Å². The predicted molar refractivity (Wildman–Crippen MR) is 246 cm³/mol. The second-order valence-corrected chi connectivity index (χ2v) is 20.0. The molecule has 3 saturated heterocycles. The van der Waals surface area contributed by atoms with Crippen LogP contribution in [0.4, 0.5) is 5.69 Å². The van der Waals surface area contributed by atoms with Gasteiger partial charge in [0.25, 0.3) is 5.91 Å². The summed E-state index contributed by atoms with van der Waals surface area (Å²) in [5, 5.41) is 2.40. The molecule has 0 radical (unpaired) electrons. The van der Waals surface area contributed by atoms with Crippen LogP contribution in [0, 0.1) is 5.41 Å². The molecule has 3 atom stereocenters. The SMILES string of the molecule is O=C1CCC(N2Cc3cc4c(cc3C2=O)CCC2(CN(C3CC5(CCN(c6ccc([C@@H]7c8ccc(OCc9ccccc9)cc8CC[C@@H]7c7ccccc7)cc6)CC5)C3)C2)O4)C(=O)N1. The molecule has 1 unspecified atom stereocenters. The van der Waals surface area contributed by atoms with Gasteiger partial charge in [-0.25, -0.2) is 0 Å². The molecule has 1 saturated carbocycles. The number of benzene rings is 5. The Labute approximate surface area is 375 Å². The molecule has 9 nitrogen and oxygen atoms in total. The van der Waals surface area contributed by atoms with Crippen molar-refractivity contribution in [3.63, 3.8) is 0 Å². The fraction of sp³-hybridized carbons (Fsp3) is 0.400. The van der Waals surface area contributed by atoms with E-state index in [0.717, 1.165) is 74.5 Å². The number of ether oxygens (including phenoxy) is 2. The number of hydrogen-bond donors (Lipinski definition) is 1. The van der Waals surface area contributed by atoms with Crippen LogP contribution in [0.25, 0.3) is 0 Å². The minimum Gasteiger partial charge on any atom is -0.489 e. The van der Waals surface area contributed by atoms with Gasteiger partial charge in [0.2, 0.25) is 11.8 Å². The van der Waals surface area contributed by atoms with E-state index >= 15 is 0 Å². The standard InChI is InChI=1S/C55H56N4O5/c60-50-20-19-48(52(61)56-50)59-32-41-29-49-40(28-47(41)53(59)62)21-22-55(64-49)34-58(35-55)43-30-54(31-43)23-25-57(26-24-54)42-14-11-38(12-15-42)51-45(37-9-5-2-6-10-37)17-13-39-27-44(16-18-46(39)51)63-33-36-7-3-1-4-8-36/h1-12,14-16,18,27-29,43,45,48,51H,13,17,19-26,30-35H2,(H,56,60,61)/t45-,48?,51+/m1/s1. The van der Waals surface area contributed by atoms with Crippen LogP contribution in [0.1, 0.15) is 113 Å². The molecule has 326 valence electrons. The van der Waals surface area contributed by atoms with E-state index in [2.05, 4.69) is 112 Å². The van der Waals surface area contributed by atoms with Gasteiger partial charge in [-0.1, -0.05) is 78.9 Å². The lowest BCUT2D eigenvalue weighted by molar-refractivity contribution is -0.145. The van der Waals surface area contributed by atoms with Gasteiger partial charge >= 0.3 is 0 Å². The number of rotatable bonds is 8. The first-order valence-electron chi connectivity index (χ1n) is 23.7. The third-order valence-electron chi connectivity index (χ3n) is 16.2. The summed E-state index contributed by atoms with van der Waals surface area (Å²) in [7, 11) is 0. The van der Waals surface area contributed by atoms with Gasteiger partial charge < -0.3 is 19.3 Å². The number of likely N-dealkylation sites (tertiary alicyclic amines) is 1. The van der Waals surface area contributed by atoms with Crippen molar-refractivity contribution >= 4 is 23.4 Å². The average molecular weight is 853 g/mol. The van der Waals surface area contributed by atoms with Gasteiger partial charge in [0, 0.05) is 62.4 Å². The number of nitrogens with one attached hydrogen (secondary N) is 1. The zero-order valence-electron chi connectivity index (χ0n) is 36.5. The van der Waals surface area contributed by atoms with E-state index in [4.69, 9.17) is 9.47 Å². The zero-order valence-corrected chi connectivity index (χ0v) is 36.5. The van der Waals surface area contributed by atoms with Crippen LogP contribution in [-0.2, 0) is 35.6 Å². The molecule has 5 aromatic rings. The smallest absolute Gasteiger partial charge is 0.255 e. The van der Waals surface area contributed by atoms with E-state index < -0.39 is 6.04 Å². The van der Waals surface area contributed by atoms with Crippen LogP contribution in [0.15, 0.2) is 115 Å². The molecule has 3 amide bonds. The van der Waals surface area contributed by atoms with Crippen LogP contribution in [0.3, 0.4) is 0 Å². The number of amides is 3. The van der Waals surface area contributed by atoms with Gasteiger partial charge in [0.1, 0.15) is 29.7 Å². The van der Waals surface area contributed by atoms with Crippen LogP contribution in [-0.4, -0.2) is 71.4 Å². The van der Waals surface area contributed by atoms with Crippen molar-refractivity contribution in [2.75, 3.05) is 31.1 Å². The fourth-order valence-electron chi connectivity index (χ4n) is 12.6. The molecule has 5 heterocycles. The summed E-state index contributed by atoms with van der Waals surface area (Å²) in [6, 6.07) is 41.9. The Hall–Kier alpha value is -5.93. The van der Waals surface area contributed by atoms with Crippen LogP contribution in [0.5, 0.6) is 11.5 Å². The second kappa shape index (κ2) is 15.7. The first-order chi connectivity index (χ1) is 31.3. The third-order valence-corrected chi connectivity index (χ3v) is 16.2. The maximum Gasteiger partial charge on any atom is 0.255 e. The summed E-state index contributed by atoms with van der Waals surface area (Å²) in [4.78, 5) is 44.6. The normalized spacial score (nSPS) is 24.6. The van der Waals surface area contributed by atoms with E-state index in [0.29, 0.717) is 48.4 Å². The largest absolute Gasteiger partial charge is 0.489 e. The summed E-state index contributed by atoms with van der Waals surface area (Å²) in [5.74, 6) is 1.79. The number of carbonyl (C=O) groups excluding carboxylic acids is 3. The summed E-state index contributed by atoms with van der Waals surface area (Å²) in [6.45, 7) is 5.09. The summed E-state index contributed by atoms with van der Waals surface area (Å²) < 4.78 is 13.1. The van der Waals surface area contributed by atoms with Crippen molar-refractivity contribution in [3.8, 4) is 11.5 Å². The quantitative estimate of drug-likeness (QED) is 0.156. The van der Waals surface area contributed by atoms with E-state index in [9.17, 15) is 14.4 Å². The van der Waals surface area contributed by atoms with E-state index in [-0.39, 0.29) is 29.7 Å². The van der Waals surface area contributed by atoms with Crippen LogP contribution in [0.2, 0.25) is 0 Å². The van der Waals surface area contributed by atoms with Crippen molar-refractivity contribution in [2.45, 2.75) is 107 Å². The Morgan fingerprint density at radius 2 is 1.48 bits per heavy atom. The summed E-state index contributed by atoms with van der Waals surface area (Å²) >= 11 is 0. The number of piperidine rings is 2. The highest BCUT2D eigenvalue weighted by Gasteiger charge is 2.55. The van der Waals surface area contributed by atoms with Crippen molar-refractivity contribution in [1.29, 1.82) is 0 Å². The number of carbonyl (C=O) groups is 3. The zero-order chi connectivity index (χ0) is 43.0. The van der Waals surface area contributed by atoms with Gasteiger partial charge in [0.15, 0.2) is 0 Å². The Morgan fingerprint density at radius 1 is 0.719 bits per heavy atom. The molecule has 4 fully saturated rings. The minimum absolute atomic E-state index is 0.121. The predicted octanol–water partition coefficient (Wildman–Crippen LogP) is 8.72. The molecular weight excluding hydrogens is 797 g/mol. The first kappa shape index (κ1) is 39.6. The summed E-state index contributed by atoms with van der Waals surface area (Å²) in [5.41, 5.74) is 11.1. The molecular formula is C55H56N4O5. The van der Waals surface area contributed by atoms with Gasteiger partial charge in [0.05, 0.1) is 0 Å². The van der Waals surface area contributed by atoms with Crippen molar-refractivity contribution in [2.24, 2.45) is 5.41 Å². The van der Waals surface area contributed by atoms with Crippen LogP contribution >= 0.6 is 0 Å². The van der Waals surface area contributed by atoms with Crippen molar-refractivity contribution < 1.29 is 23.9 Å². The molecule has 1 N–H and O–H groups in total. The number of hydrogen-bond acceptors (Lipinski definition) is 7. The fourth-order valence-corrected chi connectivity index (χ4v) is 12.6. The topological polar surface area (TPSA) is 91.4 Å². The lowest BCUT2D eigenvalue weighted by atomic mass is 9.59. The maximum absolute atomic E-state index is 13.4. The Kier molecular flexibility index (Phi) is 9.69. The van der Waals surface area contributed by atoms with Crippen molar-refractivity contribution in [3.05, 3.63) is 160 Å². The second-order valence-electron chi connectivity index (χ2n) is 20.0. The minimum atomic E-state index is -0.604. The van der Waals surface area contributed by atoms with Gasteiger partial charge in [-0.05, 0) is 144 Å². The van der Waals surface area contributed by atoms with Gasteiger partial charge in [-0.3, -0.25) is 24.6 Å². The molecule has 2 spiro atoms. The molecule has 5 aromatic carbocycles. The van der Waals surface area contributed by atoms with Crippen molar-refractivity contribution in [1.82, 2.24) is 15.1 Å². The lowest BCUT2D eigenvalue weighted by Crippen LogP contribution is -2.71. The number of anilines is 1. The lowest BCUT2D eigenvalue weighted by Gasteiger charge is -2.61. The Bertz CT molecular complexity index is 2610.